The molecule has 0 spiro atoms. The van der Waals surface area contributed by atoms with Crippen LogP contribution in [0.3, 0.4) is 0 Å². The maximum Gasteiger partial charge on any atom is 0.0539 e. The summed E-state index contributed by atoms with van der Waals surface area (Å²) >= 11 is 5.29. The van der Waals surface area contributed by atoms with Crippen molar-refractivity contribution in [2.24, 2.45) is 5.73 Å². The quantitative estimate of drug-likeness (QED) is 0.677. The van der Waals surface area contributed by atoms with Crippen molar-refractivity contribution in [2.45, 2.75) is 25.8 Å². The van der Waals surface area contributed by atoms with Crippen molar-refractivity contribution in [3.63, 3.8) is 0 Å². The van der Waals surface area contributed by atoms with Crippen LogP contribution in [0.5, 0.6) is 0 Å². The van der Waals surface area contributed by atoms with Crippen LogP contribution in [0, 0.1) is 6.92 Å². The van der Waals surface area contributed by atoms with Gasteiger partial charge in [0.2, 0.25) is 0 Å². The normalized spacial score (nSPS) is 13.0. The zero-order chi connectivity index (χ0) is 12.0. The molecule has 1 rings (SSSR count). The highest BCUT2D eigenvalue weighted by Crippen LogP contribution is 2.30. The van der Waals surface area contributed by atoms with Crippen molar-refractivity contribution in [2.75, 3.05) is 19.7 Å². The lowest BCUT2D eigenvalue weighted by molar-refractivity contribution is 0.282. The summed E-state index contributed by atoms with van der Waals surface area (Å²) in [6, 6.07) is 2.37. The average molecular weight is 307 g/mol. The molecule has 1 aromatic rings. The van der Waals surface area contributed by atoms with Gasteiger partial charge in [0, 0.05) is 27.4 Å². The molecule has 3 nitrogen and oxygen atoms in total. The van der Waals surface area contributed by atoms with Crippen molar-refractivity contribution in [1.29, 1.82) is 0 Å². The van der Waals surface area contributed by atoms with Gasteiger partial charge in [-0.2, -0.15) is 0 Å². The van der Waals surface area contributed by atoms with E-state index in [2.05, 4.69) is 34.2 Å². The van der Waals surface area contributed by atoms with Gasteiger partial charge in [-0.15, -0.1) is 11.3 Å². The Morgan fingerprint density at radius 2 is 2.31 bits per heavy atom. The fraction of sp³-hybridized carbons (Fsp3) is 0.636. The predicted molar refractivity (Wildman–Crippen MR) is 72.9 cm³/mol. The molecule has 0 radical (unpaired) electrons. The molecule has 1 unspecified atom stereocenters. The van der Waals surface area contributed by atoms with Gasteiger partial charge in [-0.05, 0) is 48.3 Å². The highest BCUT2D eigenvalue weighted by molar-refractivity contribution is 9.10. The summed E-state index contributed by atoms with van der Waals surface area (Å²) in [4.78, 5) is 2.56. The van der Waals surface area contributed by atoms with Crippen molar-refractivity contribution in [3.8, 4) is 0 Å². The Bertz CT molecular complexity index is 297. The van der Waals surface area contributed by atoms with Crippen LogP contribution < -0.4 is 11.1 Å². The molecule has 0 aromatic carbocycles. The van der Waals surface area contributed by atoms with Crippen LogP contribution in [-0.2, 0) is 0 Å². The van der Waals surface area contributed by atoms with Crippen LogP contribution in [0.15, 0.2) is 10.5 Å². The van der Waals surface area contributed by atoms with Gasteiger partial charge in [0.1, 0.15) is 0 Å². The second-order valence-electron chi connectivity index (χ2n) is 3.73. The minimum Gasteiger partial charge on any atom is -0.396 e. The van der Waals surface area contributed by atoms with E-state index in [1.807, 2.05) is 0 Å². The van der Waals surface area contributed by atoms with E-state index in [1.165, 1.54) is 9.75 Å². The van der Waals surface area contributed by atoms with Gasteiger partial charge >= 0.3 is 0 Å². The standard InChI is InChI=1S/C11H19BrN2OS/c1-8-9(12)6-11(16-8)10(7-13)14-4-2-3-5-15/h6,10,14-15H,2-5,7,13H2,1H3. The van der Waals surface area contributed by atoms with Crippen molar-refractivity contribution < 1.29 is 5.11 Å². The molecule has 0 fully saturated rings. The minimum atomic E-state index is 0.230. The van der Waals surface area contributed by atoms with E-state index in [0.29, 0.717) is 6.54 Å². The number of thiophene rings is 1. The molecule has 1 atom stereocenters. The Morgan fingerprint density at radius 3 is 2.81 bits per heavy atom. The number of rotatable bonds is 7. The SMILES string of the molecule is Cc1sc(C(CN)NCCCCO)cc1Br. The fourth-order valence-corrected chi connectivity index (χ4v) is 3.12. The second-order valence-corrected chi connectivity index (χ2v) is 5.87. The molecule has 4 N–H and O–H groups in total. The monoisotopic (exact) mass is 306 g/mol. The van der Waals surface area contributed by atoms with Gasteiger partial charge in [-0.3, -0.25) is 0 Å². The van der Waals surface area contributed by atoms with Gasteiger partial charge in [0.05, 0.1) is 6.04 Å². The number of nitrogens with two attached hydrogens (primary N) is 1. The topological polar surface area (TPSA) is 58.3 Å². The van der Waals surface area contributed by atoms with Crippen LogP contribution in [-0.4, -0.2) is 24.8 Å². The molecule has 0 amide bonds. The van der Waals surface area contributed by atoms with Gasteiger partial charge in [0.25, 0.3) is 0 Å². The van der Waals surface area contributed by atoms with Gasteiger partial charge in [0.15, 0.2) is 0 Å². The Hall–Kier alpha value is 0.0600. The number of aliphatic hydroxyl groups is 1. The summed E-state index contributed by atoms with van der Waals surface area (Å²) in [6.45, 7) is 3.86. The minimum absolute atomic E-state index is 0.230. The summed E-state index contributed by atoms with van der Waals surface area (Å²) < 4.78 is 1.16. The summed E-state index contributed by atoms with van der Waals surface area (Å²) in [7, 11) is 0. The lowest BCUT2D eigenvalue weighted by atomic mass is 10.2. The van der Waals surface area contributed by atoms with Crippen LogP contribution in [0.1, 0.15) is 28.6 Å². The van der Waals surface area contributed by atoms with E-state index in [9.17, 15) is 0 Å². The number of aliphatic hydroxyl groups excluding tert-OH is 1. The van der Waals surface area contributed by atoms with Crippen LogP contribution in [0.25, 0.3) is 0 Å². The number of nitrogens with one attached hydrogen (secondary N) is 1. The molecule has 0 aliphatic heterocycles. The summed E-state index contributed by atoms with van der Waals surface area (Å²) in [5, 5.41) is 12.1. The smallest absolute Gasteiger partial charge is 0.0539 e. The Kier molecular flexibility index (Phi) is 6.53. The average Bonchev–Trinajstić information content (AvgIpc) is 2.59. The first-order chi connectivity index (χ1) is 7.69. The van der Waals surface area contributed by atoms with E-state index >= 15 is 0 Å². The van der Waals surface area contributed by atoms with Crippen molar-refractivity contribution in [1.82, 2.24) is 5.32 Å². The molecule has 0 bridgehead atoms. The van der Waals surface area contributed by atoms with Crippen LogP contribution >= 0.6 is 27.3 Å². The number of hydrogen-bond acceptors (Lipinski definition) is 4. The third-order valence-electron chi connectivity index (χ3n) is 2.43. The molecule has 1 heterocycles. The molecule has 92 valence electrons. The van der Waals surface area contributed by atoms with E-state index in [1.54, 1.807) is 11.3 Å². The largest absolute Gasteiger partial charge is 0.396 e. The maximum atomic E-state index is 8.69. The first kappa shape index (κ1) is 14.1. The molecular weight excluding hydrogens is 288 g/mol. The molecule has 1 aromatic heterocycles. The number of aryl methyl sites for hydroxylation is 1. The fourth-order valence-electron chi connectivity index (χ4n) is 1.47. The first-order valence-corrected chi connectivity index (χ1v) is 7.10. The highest BCUT2D eigenvalue weighted by atomic mass is 79.9. The van der Waals surface area contributed by atoms with Crippen molar-refractivity contribution >= 4 is 27.3 Å². The summed E-state index contributed by atoms with van der Waals surface area (Å²) in [5.74, 6) is 0. The lowest BCUT2D eigenvalue weighted by Crippen LogP contribution is -2.28. The number of hydrogen-bond donors (Lipinski definition) is 3. The molecule has 0 aliphatic carbocycles. The second kappa shape index (κ2) is 7.40. The Balaban J connectivity index is 2.47. The van der Waals surface area contributed by atoms with Crippen molar-refractivity contribution in [3.05, 3.63) is 20.3 Å². The molecule has 16 heavy (non-hydrogen) atoms. The van der Waals surface area contributed by atoms with E-state index in [4.69, 9.17) is 10.8 Å². The third-order valence-corrected chi connectivity index (χ3v) is 4.68. The molecule has 5 heteroatoms. The number of unbranched alkanes of at least 4 members (excludes halogenated alkanes) is 1. The summed E-state index contributed by atoms with van der Waals surface area (Å²) in [6.07, 6.45) is 1.83. The van der Waals surface area contributed by atoms with E-state index in [0.717, 1.165) is 23.9 Å². The zero-order valence-electron chi connectivity index (χ0n) is 9.50. The molecule has 0 aliphatic rings. The van der Waals surface area contributed by atoms with Crippen LogP contribution in [0.2, 0.25) is 0 Å². The maximum absolute atomic E-state index is 8.69. The molecule has 0 saturated heterocycles. The van der Waals surface area contributed by atoms with Gasteiger partial charge in [-0.25, -0.2) is 0 Å². The van der Waals surface area contributed by atoms with E-state index in [-0.39, 0.29) is 12.6 Å². The predicted octanol–water partition coefficient (Wildman–Crippen LogP) is 2.18. The number of halogens is 1. The first-order valence-electron chi connectivity index (χ1n) is 5.49. The Labute approximate surface area is 109 Å². The molecule has 0 saturated carbocycles. The van der Waals surface area contributed by atoms with Crippen LogP contribution in [0.4, 0.5) is 0 Å². The summed E-state index contributed by atoms with van der Waals surface area (Å²) in [5.41, 5.74) is 5.76. The molecular formula is C11H19BrN2OS. The van der Waals surface area contributed by atoms with Gasteiger partial charge < -0.3 is 16.2 Å². The van der Waals surface area contributed by atoms with Gasteiger partial charge in [-0.1, -0.05) is 0 Å². The lowest BCUT2D eigenvalue weighted by Gasteiger charge is -2.14. The Morgan fingerprint density at radius 1 is 1.56 bits per heavy atom. The third kappa shape index (κ3) is 4.14. The van der Waals surface area contributed by atoms with E-state index < -0.39 is 0 Å². The zero-order valence-corrected chi connectivity index (χ0v) is 11.9. The highest BCUT2D eigenvalue weighted by Gasteiger charge is 2.12.